The van der Waals surface area contributed by atoms with Crippen LogP contribution in [-0.2, 0) is 11.3 Å². The van der Waals surface area contributed by atoms with Gasteiger partial charge in [-0.1, -0.05) is 29.7 Å². The molecule has 0 N–H and O–H groups in total. The van der Waals surface area contributed by atoms with Gasteiger partial charge in [-0.15, -0.1) is 6.42 Å². The van der Waals surface area contributed by atoms with Gasteiger partial charge in [-0.05, 0) is 44.4 Å². The van der Waals surface area contributed by atoms with Crippen molar-refractivity contribution in [2.75, 3.05) is 19.7 Å². The first-order valence-corrected chi connectivity index (χ1v) is 10.9. The lowest BCUT2D eigenvalue weighted by molar-refractivity contribution is 0.0526. The minimum atomic E-state index is -0.461. The van der Waals surface area contributed by atoms with E-state index in [2.05, 4.69) is 27.9 Å². The van der Waals surface area contributed by atoms with Crippen LogP contribution < -0.4 is 0 Å². The quantitative estimate of drug-likeness (QED) is 0.438. The molecular formula is C24H25ClN4O2. The SMILES string of the molecule is C#Cc1ccc(CN2CCC(n3nc(C)c4c(Cl)c(C(=O)OCC)cnc43)CC2)cc1. The molecule has 1 aliphatic heterocycles. The number of likely N-dealkylation sites (tertiary alicyclic amines) is 1. The molecule has 160 valence electrons. The van der Waals surface area contributed by atoms with Crippen LogP contribution in [0.4, 0.5) is 0 Å². The second kappa shape index (κ2) is 9.09. The molecule has 31 heavy (non-hydrogen) atoms. The number of carbonyl (C=O) groups is 1. The van der Waals surface area contributed by atoms with Gasteiger partial charge in [0.25, 0.3) is 0 Å². The van der Waals surface area contributed by atoms with Crippen molar-refractivity contribution in [1.29, 1.82) is 0 Å². The highest BCUT2D eigenvalue weighted by atomic mass is 35.5. The Kier molecular flexibility index (Phi) is 6.26. The van der Waals surface area contributed by atoms with Gasteiger partial charge in [0.05, 0.1) is 34.3 Å². The summed E-state index contributed by atoms with van der Waals surface area (Å²) in [5, 5.41) is 5.82. The first-order valence-electron chi connectivity index (χ1n) is 10.5. The summed E-state index contributed by atoms with van der Waals surface area (Å²) < 4.78 is 7.07. The Hall–Kier alpha value is -2.88. The standard InChI is InChI=1S/C24H25ClN4O2/c1-4-17-6-8-18(9-7-17)15-28-12-10-19(11-13-28)29-23-21(16(3)27-29)22(25)20(14-26-23)24(30)31-5-2/h1,6-9,14,19H,5,10-13,15H2,2-3H3. The molecule has 1 aromatic carbocycles. The van der Waals surface area contributed by atoms with E-state index in [4.69, 9.17) is 27.9 Å². The molecule has 0 amide bonds. The number of terminal acetylenes is 1. The normalized spacial score (nSPS) is 15.2. The lowest BCUT2D eigenvalue weighted by Gasteiger charge is -2.32. The fourth-order valence-corrected chi connectivity index (χ4v) is 4.47. The van der Waals surface area contributed by atoms with Crippen LogP contribution in [0.15, 0.2) is 30.5 Å². The van der Waals surface area contributed by atoms with E-state index in [1.165, 1.54) is 11.8 Å². The van der Waals surface area contributed by atoms with Crippen molar-refractivity contribution in [2.45, 2.75) is 39.3 Å². The molecule has 3 aromatic rings. The Morgan fingerprint density at radius 2 is 2.00 bits per heavy atom. The second-order valence-corrected chi connectivity index (χ2v) is 8.16. The number of esters is 1. The summed E-state index contributed by atoms with van der Waals surface area (Å²) in [5.41, 5.74) is 3.94. The van der Waals surface area contributed by atoms with Crippen molar-refractivity contribution >= 4 is 28.6 Å². The van der Waals surface area contributed by atoms with Crippen molar-refractivity contribution in [2.24, 2.45) is 0 Å². The predicted octanol–water partition coefficient (Wildman–Crippen LogP) is 4.39. The minimum absolute atomic E-state index is 0.244. The monoisotopic (exact) mass is 436 g/mol. The molecule has 7 heteroatoms. The molecule has 1 fully saturated rings. The van der Waals surface area contributed by atoms with Gasteiger partial charge >= 0.3 is 5.97 Å². The first-order chi connectivity index (χ1) is 15.0. The largest absolute Gasteiger partial charge is 0.462 e. The van der Waals surface area contributed by atoms with E-state index in [1.54, 1.807) is 6.92 Å². The van der Waals surface area contributed by atoms with Crippen LogP contribution in [0.2, 0.25) is 5.02 Å². The summed E-state index contributed by atoms with van der Waals surface area (Å²) in [6, 6.07) is 8.41. The molecule has 4 rings (SSSR count). The fraction of sp³-hybridized carbons (Fsp3) is 0.375. The van der Waals surface area contributed by atoms with Gasteiger partial charge in [-0.25, -0.2) is 14.5 Å². The molecule has 1 saturated heterocycles. The van der Waals surface area contributed by atoms with Crippen molar-refractivity contribution in [3.05, 3.63) is 57.9 Å². The number of hydrogen-bond acceptors (Lipinski definition) is 5. The summed E-state index contributed by atoms with van der Waals surface area (Å²) in [5.74, 6) is 2.19. The zero-order valence-electron chi connectivity index (χ0n) is 17.8. The first kappa shape index (κ1) is 21.4. The second-order valence-electron chi connectivity index (χ2n) is 7.78. The number of aromatic nitrogens is 3. The molecule has 0 bridgehead atoms. The molecule has 0 unspecified atom stereocenters. The van der Waals surface area contributed by atoms with E-state index in [0.29, 0.717) is 5.02 Å². The predicted molar refractivity (Wildman–Crippen MR) is 121 cm³/mol. The Morgan fingerprint density at radius 1 is 1.29 bits per heavy atom. The number of piperidine rings is 1. The minimum Gasteiger partial charge on any atom is -0.462 e. The zero-order valence-corrected chi connectivity index (χ0v) is 18.5. The van der Waals surface area contributed by atoms with E-state index in [9.17, 15) is 4.79 Å². The van der Waals surface area contributed by atoms with Gasteiger partial charge < -0.3 is 4.74 Å². The number of fused-ring (bicyclic) bond motifs is 1. The Morgan fingerprint density at radius 3 is 2.65 bits per heavy atom. The van der Waals surface area contributed by atoms with Crippen LogP contribution in [0, 0.1) is 19.3 Å². The van der Waals surface area contributed by atoms with Crippen molar-refractivity contribution in [3.8, 4) is 12.3 Å². The number of benzene rings is 1. The van der Waals surface area contributed by atoms with Crippen LogP contribution in [0.3, 0.4) is 0 Å². The van der Waals surface area contributed by atoms with Crippen LogP contribution in [0.5, 0.6) is 0 Å². The highest BCUT2D eigenvalue weighted by Gasteiger charge is 2.26. The lowest BCUT2D eigenvalue weighted by atomic mass is 10.0. The summed E-state index contributed by atoms with van der Waals surface area (Å²) in [4.78, 5) is 19.1. The van der Waals surface area contributed by atoms with E-state index in [0.717, 1.165) is 54.8 Å². The van der Waals surface area contributed by atoms with Crippen LogP contribution in [-0.4, -0.2) is 45.3 Å². The maximum atomic E-state index is 12.2. The Labute approximate surface area is 187 Å². The van der Waals surface area contributed by atoms with Gasteiger partial charge in [0.15, 0.2) is 5.65 Å². The number of rotatable bonds is 5. The van der Waals surface area contributed by atoms with Crippen molar-refractivity contribution in [3.63, 3.8) is 0 Å². The number of ether oxygens (including phenoxy) is 1. The number of carbonyl (C=O) groups excluding carboxylic acids is 1. The number of hydrogen-bond donors (Lipinski definition) is 0. The molecule has 0 aliphatic carbocycles. The number of aryl methyl sites for hydroxylation is 1. The van der Waals surface area contributed by atoms with Gasteiger partial charge in [0, 0.05) is 31.4 Å². The topological polar surface area (TPSA) is 60.2 Å². The maximum absolute atomic E-state index is 12.2. The average molecular weight is 437 g/mol. The average Bonchev–Trinajstić information content (AvgIpc) is 3.12. The highest BCUT2D eigenvalue weighted by Crippen LogP contribution is 2.33. The smallest absolute Gasteiger partial charge is 0.341 e. The molecule has 2 aromatic heterocycles. The van der Waals surface area contributed by atoms with Crippen LogP contribution >= 0.6 is 11.6 Å². The molecular weight excluding hydrogens is 412 g/mol. The third kappa shape index (κ3) is 4.30. The Bertz CT molecular complexity index is 1140. The molecule has 6 nitrogen and oxygen atoms in total. The maximum Gasteiger partial charge on any atom is 0.341 e. The van der Waals surface area contributed by atoms with Gasteiger partial charge in [0.2, 0.25) is 0 Å². The van der Waals surface area contributed by atoms with Crippen molar-refractivity contribution < 1.29 is 9.53 Å². The highest BCUT2D eigenvalue weighted by molar-refractivity contribution is 6.38. The molecule has 3 heterocycles. The van der Waals surface area contributed by atoms with Crippen molar-refractivity contribution in [1.82, 2.24) is 19.7 Å². The molecule has 0 spiro atoms. The molecule has 1 aliphatic rings. The van der Waals surface area contributed by atoms with Gasteiger partial charge in [0.1, 0.15) is 0 Å². The van der Waals surface area contributed by atoms with E-state index < -0.39 is 5.97 Å². The molecule has 0 radical (unpaired) electrons. The summed E-state index contributed by atoms with van der Waals surface area (Å²) in [6.45, 7) is 6.80. The number of pyridine rings is 1. The molecule has 0 atom stereocenters. The third-order valence-electron chi connectivity index (χ3n) is 5.76. The van der Waals surface area contributed by atoms with Crippen LogP contribution in [0.1, 0.15) is 53.0 Å². The third-order valence-corrected chi connectivity index (χ3v) is 6.15. The molecule has 0 saturated carbocycles. The lowest BCUT2D eigenvalue weighted by Crippen LogP contribution is -2.34. The van der Waals surface area contributed by atoms with E-state index in [1.807, 2.05) is 23.7 Å². The van der Waals surface area contributed by atoms with E-state index >= 15 is 0 Å². The van der Waals surface area contributed by atoms with Crippen LogP contribution in [0.25, 0.3) is 11.0 Å². The summed E-state index contributed by atoms with van der Waals surface area (Å²) in [7, 11) is 0. The summed E-state index contributed by atoms with van der Waals surface area (Å²) >= 11 is 6.55. The number of nitrogens with zero attached hydrogens (tertiary/aromatic N) is 4. The summed E-state index contributed by atoms with van der Waals surface area (Å²) in [6.07, 6.45) is 8.87. The van der Waals surface area contributed by atoms with E-state index in [-0.39, 0.29) is 18.2 Å². The number of halogens is 1. The van der Waals surface area contributed by atoms with Gasteiger partial charge in [-0.3, -0.25) is 4.90 Å². The fourth-order valence-electron chi connectivity index (χ4n) is 4.13. The zero-order chi connectivity index (χ0) is 22.0. The van der Waals surface area contributed by atoms with Gasteiger partial charge in [-0.2, -0.15) is 5.10 Å². The Balaban J connectivity index is 1.49.